The fourth-order valence-electron chi connectivity index (χ4n) is 1.16. The number of aryl methyl sites for hydroxylation is 1. The molecule has 2 aromatic rings. The van der Waals surface area contributed by atoms with E-state index < -0.39 is 12.6 Å². The molecule has 2 aromatic heterocycles. The lowest BCUT2D eigenvalue weighted by atomic mass is 10.5. The highest BCUT2D eigenvalue weighted by Crippen LogP contribution is 2.13. The second-order valence-corrected chi connectivity index (χ2v) is 3.10. The highest BCUT2D eigenvalue weighted by Gasteiger charge is 2.13. The maximum absolute atomic E-state index is 10.3. The molecule has 0 amide bonds. The van der Waals surface area contributed by atoms with Crippen LogP contribution in [0.15, 0.2) is 18.5 Å². The zero-order valence-electron chi connectivity index (χ0n) is 8.94. The monoisotopic (exact) mass is 235 g/mol. The molecule has 2 heterocycles. The van der Waals surface area contributed by atoms with Gasteiger partial charge in [0.2, 0.25) is 0 Å². The summed E-state index contributed by atoms with van der Waals surface area (Å²) in [5.74, 6) is -0.284. The van der Waals surface area contributed by atoms with Crippen LogP contribution in [0.5, 0.6) is 6.01 Å². The molecule has 0 aliphatic carbocycles. The van der Waals surface area contributed by atoms with E-state index >= 15 is 0 Å². The quantitative estimate of drug-likeness (QED) is 0.778. The van der Waals surface area contributed by atoms with Gasteiger partial charge in [0, 0.05) is 19.4 Å². The number of aromatic nitrogens is 5. The molecular weight excluding hydrogens is 226 g/mol. The number of rotatable bonds is 4. The molecule has 0 aliphatic heterocycles. The second-order valence-electron chi connectivity index (χ2n) is 3.10. The highest BCUT2D eigenvalue weighted by atomic mass is 16.5. The van der Waals surface area contributed by atoms with Gasteiger partial charge in [-0.1, -0.05) is 0 Å². The molecule has 8 nitrogen and oxygen atoms in total. The van der Waals surface area contributed by atoms with Gasteiger partial charge in [-0.2, -0.15) is 4.98 Å². The zero-order valence-corrected chi connectivity index (χ0v) is 8.94. The summed E-state index contributed by atoms with van der Waals surface area (Å²) in [6.45, 7) is -0.487. The summed E-state index contributed by atoms with van der Waals surface area (Å²) in [5.41, 5.74) is 0. The lowest BCUT2D eigenvalue weighted by molar-refractivity contribution is -0.139. The number of carboxylic acid groups (broad SMARTS) is 1. The van der Waals surface area contributed by atoms with Crippen molar-refractivity contribution in [2.75, 3.05) is 6.61 Å². The fraction of sp³-hybridized carbons (Fsp3) is 0.222. The molecule has 0 aliphatic rings. The van der Waals surface area contributed by atoms with Gasteiger partial charge in [-0.05, 0) is 6.07 Å². The molecule has 0 saturated carbocycles. The van der Waals surface area contributed by atoms with Crippen molar-refractivity contribution in [2.45, 2.75) is 0 Å². The SMILES string of the molecule is Cn1nc(OCC(=O)O)nc1-c1ncccn1. The van der Waals surface area contributed by atoms with E-state index in [0.717, 1.165) is 0 Å². The molecule has 0 aromatic carbocycles. The van der Waals surface area contributed by atoms with Crippen molar-refractivity contribution in [1.82, 2.24) is 24.7 Å². The van der Waals surface area contributed by atoms with Crippen LogP contribution in [0.3, 0.4) is 0 Å². The normalized spacial score (nSPS) is 10.2. The number of ether oxygens (including phenoxy) is 1. The molecule has 0 bridgehead atoms. The minimum absolute atomic E-state index is 0.0163. The maximum atomic E-state index is 10.3. The summed E-state index contributed by atoms with van der Waals surface area (Å²) in [6.07, 6.45) is 3.16. The number of nitrogens with zero attached hydrogens (tertiary/aromatic N) is 5. The van der Waals surface area contributed by atoms with Crippen molar-refractivity contribution < 1.29 is 14.6 Å². The number of hydrogen-bond donors (Lipinski definition) is 1. The van der Waals surface area contributed by atoms with Gasteiger partial charge >= 0.3 is 12.0 Å². The minimum Gasteiger partial charge on any atom is -0.479 e. The maximum Gasteiger partial charge on any atom is 0.341 e. The predicted octanol–water partition coefficient (Wildman–Crippen LogP) is -0.265. The van der Waals surface area contributed by atoms with Crippen molar-refractivity contribution in [3.05, 3.63) is 18.5 Å². The molecule has 0 saturated heterocycles. The molecule has 0 unspecified atom stereocenters. The van der Waals surface area contributed by atoms with E-state index in [4.69, 9.17) is 9.84 Å². The first-order chi connectivity index (χ1) is 8.16. The van der Waals surface area contributed by atoms with E-state index in [1.165, 1.54) is 4.68 Å². The predicted molar refractivity (Wildman–Crippen MR) is 55.2 cm³/mol. The molecule has 0 radical (unpaired) electrons. The molecule has 0 spiro atoms. The van der Waals surface area contributed by atoms with Crippen molar-refractivity contribution in [2.24, 2.45) is 7.05 Å². The van der Waals surface area contributed by atoms with Gasteiger partial charge in [0.15, 0.2) is 18.3 Å². The second kappa shape index (κ2) is 4.56. The van der Waals surface area contributed by atoms with Crippen LogP contribution in [0.2, 0.25) is 0 Å². The van der Waals surface area contributed by atoms with Crippen LogP contribution in [0.4, 0.5) is 0 Å². The van der Waals surface area contributed by atoms with Crippen molar-refractivity contribution in [3.63, 3.8) is 0 Å². The standard InChI is InChI=1S/C9H9N5O3/c1-14-8(7-10-3-2-4-11-7)12-9(13-14)17-5-6(15)16/h2-4H,5H2,1H3,(H,15,16). The summed E-state index contributed by atoms with van der Waals surface area (Å²) in [7, 11) is 1.65. The Morgan fingerprint density at radius 2 is 2.18 bits per heavy atom. The molecule has 17 heavy (non-hydrogen) atoms. The van der Waals surface area contributed by atoms with Gasteiger partial charge < -0.3 is 9.84 Å². The van der Waals surface area contributed by atoms with Crippen LogP contribution in [0, 0.1) is 0 Å². The Balaban J connectivity index is 2.22. The highest BCUT2D eigenvalue weighted by molar-refractivity contribution is 5.68. The van der Waals surface area contributed by atoms with E-state index in [1.54, 1.807) is 25.5 Å². The zero-order chi connectivity index (χ0) is 12.3. The number of hydrogen-bond acceptors (Lipinski definition) is 6. The average molecular weight is 235 g/mol. The molecule has 88 valence electrons. The van der Waals surface area contributed by atoms with Gasteiger partial charge in [-0.3, -0.25) is 0 Å². The Morgan fingerprint density at radius 1 is 1.47 bits per heavy atom. The Morgan fingerprint density at radius 3 is 2.82 bits per heavy atom. The first kappa shape index (κ1) is 11.0. The molecule has 0 fully saturated rings. The lowest BCUT2D eigenvalue weighted by Gasteiger charge is -1.95. The molecular formula is C9H9N5O3. The van der Waals surface area contributed by atoms with Gasteiger partial charge in [-0.15, -0.1) is 5.10 Å². The van der Waals surface area contributed by atoms with E-state index in [9.17, 15) is 4.79 Å². The molecule has 2 rings (SSSR count). The third kappa shape index (κ3) is 2.54. The van der Waals surface area contributed by atoms with Crippen LogP contribution >= 0.6 is 0 Å². The Kier molecular flexibility index (Phi) is 2.95. The van der Waals surface area contributed by atoms with Gasteiger partial charge in [0.05, 0.1) is 0 Å². The van der Waals surface area contributed by atoms with Crippen LogP contribution in [-0.2, 0) is 11.8 Å². The first-order valence-corrected chi connectivity index (χ1v) is 4.70. The van der Waals surface area contributed by atoms with Crippen molar-refractivity contribution in [3.8, 4) is 17.7 Å². The fourth-order valence-corrected chi connectivity index (χ4v) is 1.16. The number of carbonyl (C=O) groups is 1. The van der Waals surface area contributed by atoms with E-state index in [0.29, 0.717) is 11.6 Å². The molecule has 1 N–H and O–H groups in total. The molecule has 8 heteroatoms. The minimum atomic E-state index is -1.09. The topological polar surface area (TPSA) is 103 Å². The van der Waals surface area contributed by atoms with Gasteiger partial charge in [-0.25, -0.2) is 19.4 Å². The Bertz CT molecular complexity index is 525. The largest absolute Gasteiger partial charge is 0.479 e. The van der Waals surface area contributed by atoms with Crippen LogP contribution in [-0.4, -0.2) is 42.4 Å². The summed E-state index contributed by atoms with van der Waals surface area (Å²) in [5, 5.41) is 12.4. The van der Waals surface area contributed by atoms with E-state index in [-0.39, 0.29) is 6.01 Å². The van der Waals surface area contributed by atoms with E-state index in [1.807, 2.05) is 0 Å². The summed E-state index contributed by atoms with van der Waals surface area (Å²) in [4.78, 5) is 22.3. The van der Waals surface area contributed by atoms with Crippen molar-refractivity contribution in [1.29, 1.82) is 0 Å². The smallest absolute Gasteiger partial charge is 0.341 e. The van der Waals surface area contributed by atoms with Gasteiger partial charge in [0.25, 0.3) is 0 Å². The van der Waals surface area contributed by atoms with E-state index in [2.05, 4.69) is 20.1 Å². The van der Waals surface area contributed by atoms with Crippen LogP contribution < -0.4 is 4.74 Å². The number of carboxylic acids is 1. The molecule has 0 atom stereocenters. The third-order valence-electron chi connectivity index (χ3n) is 1.83. The average Bonchev–Trinajstić information content (AvgIpc) is 2.69. The van der Waals surface area contributed by atoms with Crippen LogP contribution in [0.25, 0.3) is 11.6 Å². The first-order valence-electron chi connectivity index (χ1n) is 4.70. The summed E-state index contributed by atoms with van der Waals surface area (Å²) in [6, 6.07) is 1.67. The Labute approximate surface area is 95.9 Å². The van der Waals surface area contributed by atoms with Crippen LogP contribution in [0.1, 0.15) is 0 Å². The summed E-state index contributed by atoms with van der Waals surface area (Å²) < 4.78 is 6.28. The number of aliphatic carboxylic acids is 1. The van der Waals surface area contributed by atoms with Crippen molar-refractivity contribution >= 4 is 5.97 Å². The summed E-state index contributed by atoms with van der Waals surface area (Å²) >= 11 is 0. The Hall–Kier alpha value is -2.51. The van der Waals surface area contributed by atoms with Gasteiger partial charge in [0.1, 0.15) is 0 Å². The third-order valence-corrected chi connectivity index (χ3v) is 1.83. The lowest BCUT2D eigenvalue weighted by Crippen LogP contribution is -2.10.